The Labute approximate surface area is 177 Å². The number of H-pyrrole nitrogens is 1. The lowest BCUT2D eigenvalue weighted by Crippen LogP contribution is -2.32. The highest BCUT2D eigenvalue weighted by molar-refractivity contribution is 7.72. The molecule has 3 heterocycles. The van der Waals surface area contributed by atoms with E-state index in [9.17, 15) is 15.0 Å². The van der Waals surface area contributed by atoms with Crippen molar-refractivity contribution in [3.05, 3.63) is 22.0 Å². The molecule has 30 heavy (non-hydrogen) atoms. The molecular formula is C21H35N4O4P. The fourth-order valence-corrected chi connectivity index (χ4v) is 4.90. The zero-order valence-corrected chi connectivity index (χ0v) is 19.4. The second-order valence-corrected chi connectivity index (χ2v) is 13.3. The smallest absolute Gasteiger partial charge is 0.279 e. The van der Waals surface area contributed by atoms with E-state index in [2.05, 4.69) is 41.5 Å². The van der Waals surface area contributed by atoms with E-state index < -0.39 is 31.4 Å². The zero-order chi connectivity index (χ0) is 22.1. The van der Waals surface area contributed by atoms with Crippen molar-refractivity contribution in [1.82, 2.24) is 19.5 Å². The van der Waals surface area contributed by atoms with Gasteiger partial charge < -0.3 is 19.9 Å². The maximum absolute atomic E-state index is 12.5. The van der Waals surface area contributed by atoms with Crippen LogP contribution in [0.4, 0.5) is 0 Å². The number of hydrogen-bond donors (Lipinski definition) is 3. The molecule has 0 amide bonds. The summed E-state index contributed by atoms with van der Waals surface area (Å²) >= 11 is 0. The highest BCUT2D eigenvalue weighted by Gasteiger charge is 2.45. The van der Waals surface area contributed by atoms with Crippen LogP contribution in [-0.2, 0) is 11.2 Å². The number of aromatic nitrogens is 4. The van der Waals surface area contributed by atoms with Crippen molar-refractivity contribution in [3.8, 4) is 0 Å². The fraction of sp³-hybridized carbons (Fsp3) is 0.714. The van der Waals surface area contributed by atoms with Crippen molar-refractivity contribution in [2.45, 2.75) is 76.9 Å². The summed E-state index contributed by atoms with van der Waals surface area (Å²) in [4.78, 5) is 24.2. The maximum Gasteiger partial charge on any atom is 0.279 e. The van der Waals surface area contributed by atoms with E-state index in [-0.39, 0.29) is 11.1 Å². The Balaban J connectivity index is 1.96. The van der Waals surface area contributed by atoms with Gasteiger partial charge >= 0.3 is 0 Å². The molecule has 8 nitrogen and oxygen atoms in total. The highest BCUT2D eigenvalue weighted by Crippen LogP contribution is 2.40. The molecule has 0 aliphatic carbocycles. The van der Waals surface area contributed by atoms with Gasteiger partial charge in [-0.15, -0.1) is 13.2 Å². The molecule has 3 rings (SSSR count). The molecule has 0 spiro atoms. The quantitative estimate of drug-likeness (QED) is 0.409. The Kier molecular flexibility index (Phi) is 7.23. The number of aliphatic hydroxyl groups excluding tert-OH is 2. The summed E-state index contributed by atoms with van der Waals surface area (Å²) in [5.74, 6) is 1.13. The normalized spacial score (nSPS) is 24.7. The molecule has 0 saturated carbocycles. The third-order valence-electron chi connectivity index (χ3n) is 5.61. The van der Waals surface area contributed by atoms with Crippen LogP contribution in [0.3, 0.4) is 0 Å². The first-order valence-electron chi connectivity index (χ1n) is 10.8. The largest absolute Gasteiger partial charge is 0.388 e. The standard InChI is InChI=1S/C21H35N4O4P/c1-6-7-8-9-10-15-24-16-19(22-13(2)23-20(16)28)25(15)21-18(27)17(26)14(29-21)11-12-30(3,4)5/h14,17-18,21,26-27H,3,6-12H2,1-2,4-5H3,(H,22,23,28)/t14-,17-,18-,21-/m1/s1. The van der Waals surface area contributed by atoms with Gasteiger partial charge in [0.05, 0.1) is 6.10 Å². The van der Waals surface area contributed by atoms with Crippen LogP contribution in [0.25, 0.3) is 11.2 Å². The number of aryl methyl sites for hydroxylation is 2. The van der Waals surface area contributed by atoms with Crippen LogP contribution in [0.15, 0.2) is 4.79 Å². The lowest BCUT2D eigenvalue weighted by molar-refractivity contribution is -0.0368. The number of ether oxygens (including phenoxy) is 1. The molecule has 0 radical (unpaired) electrons. The monoisotopic (exact) mass is 438 g/mol. The number of hydrogen-bond acceptors (Lipinski definition) is 6. The lowest BCUT2D eigenvalue weighted by atomic mass is 10.1. The predicted octanol–water partition coefficient (Wildman–Crippen LogP) is 2.27. The number of aliphatic hydroxyl groups is 2. The van der Waals surface area contributed by atoms with E-state index in [0.717, 1.165) is 31.8 Å². The summed E-state index contributed by atoms with van der Waals surface area (Å²) in [6.07, 6.45) is 7.16. The summed E-state index contributed by atoms with van der Waals surface area (Å²) in [7, 11) is 0. The van der Waals surface area contributed by atoms with Crippen LogP contribution in [0.2, 0.25) is 0 Å². The molecule has 0 aromatic carbocycles. The van der Waals surface area contributed by atoms with Crippen LogP contribution in [0, 0.1) is 6.92 Å². The Bertz CT molecular complexity index is 979. The van der Waals surface area contributed by atoms with E-state index in [1.165, 1.54) is 0 Å². The van der Waals surface area contributed by atoms with Crippen LogP contribution in [0.5, 0.6) is 0 Å². The molecule has 0 unspecified atom stereocenters. The average molecular weight is 439 g/mol. The SMILES string of the molecule is C=P(C)(C)CC[C@H]1O[C@@H](n2c(CCCCCC)nc3c(=O)[nH]c(C)nc32)[C@H](O)[C@@H]1O. The third-order valence-corrected chi connectivity index (χ3v) is 7.08. The summed E-state index contributed by atoms with van der Waals surface area (Å²) in [6.45, 7) is 6.86. The average Bonchev–Trinajstić information content (AvgIpc) is 3.15. The Morgan fingerprint density at radius 2 is 1.93 bits per heavy atom. The predicted molar refractivity (Wildman–Crippen MR) is 122 cm³/mol. The van der Waals surface area contributed by atoms with Crippen LogP contribution in [-0.4, -0.2) is 73.8 Å². The van der Waals surface area contributed by atoms with Gasteiger partial charge in [0.15, 0.2) is 17.4 Å². The first-order chi connectivity index (χ1) is 14.1. The minimum atomic E-state index is -1.28. The topological polar surface area (TPSA) is 113 Å². The van der Waals surface area contributed by atoms with Crippen molar-refractivity contribution in [3.63, 3.8) is 0 Å². The number of fused-ring (bicyclic) bond motifs is 1. The molecule has 1 aliphatic rings. The highest BCUT2D eigenvalue weighted by atomic mass is 31.2. The molecule has 168 valence electrons. The minimum Gasteiger partial charge on any atom is -0.388 e. The van der Waals surface area contributed by atoms with Crippen LogP contribution in [0.1, 0.15) is 56.9 Å². The number of nitrogens with zero attached hydrogens (tertiary/aromatic N) is 3. The minimum absolute atomic E-state index is 0.240. The molecule has 2 aromatic heterocycles. The van der Waals surface area contributed by atoms with Gasteiger partial charge in [-0.1, -0.05) is 26.2 Å². The summed E-state index contributed by atoms with van der Waals surface area (Å²) in [6, 6.07) is 0. The summed E-state index contributed by atoms with van der Waals surface area (Å²) in [5.41, 5.74) is 0.326. The molecule has 2 aromatic rings. The Morgan fingerprint density at radius 3 is 2.60 bits per heavy atom. The van der Waals surface area contributed by atoms with Gasteiger partial charge in [-0.05, 0) is 39.3 Å². The first-order valence-corrected chi connectivity index (χ1v) is 13.8. The van der Waals surface area contributed by atoms with Gasteiger partial charge in [0.2, 0.25) is 0 Å². The number of unbranched alkanes of at least 4 members (excludes halogenated alkanes) is 3. The second kappa shape index (κ2) is 9.35. The lowest BCUT2D eigenvalue weighted by Gasteiger charge is -2.20. The molecule has 1 aliphatic heterocycles. The molecule has 3 N–H and O–H groups in total. The van der Waals surface area contributed by atoms with E-state index in [1.807, 2.05) is 0 Å². The maximum atomic E-state index is 12.5. The van der Waals surface area contributed by atoms with E-state index in [4.69, 9.17) is 4.74 Å². The van der Waals surface area contributed by atoms with Gasteiger partial charge in [-0.2, -0.15) is 0 Å². The van der Waals surface area contributed by atoms with Gasteiger partial charge in [0.1, 0.15) is 23.9 Å². The Hall–Kier alpha value is -1.47. The van der Waals surface area contributed by atoms with E-state index >= 15 is 0 Å². The van der Waals surface area contributed by atoms with Crippen LogP contribution >= 0.6 is 6.89 Å². The van der Waals surface area contributed by atoms with Crippen molar-refractivity contribution in [1.29, 1.82) is 0 Å². The molecule has 1 saturated heterocycles. The van der Waals surface area contributed by atoms with Gasteiger partial charge in [0, 0.05) is 6.42 Å². The number of nitrogens with one attached hydrogen (secondary N) is 1. The van der Waals surface area contributed by atoms with Gasteiger partial charge in [0.25, 0.3) is 5.56 Å². The number of imidazole rings is 1. The number of rotatable bonds is 9. The van der Waals surface area contributed by atoms with Crippen molar-refractivity contribution >= 4 is 24.3 Å². The third kappa shape index (κ3) is 5.05. The van der Waals surface area contributed by atoms with Gasteiger partial charge in [-0.3, -0.25) is 9.36 Å². The second-order valence-electron chi connectivity index (χ2n) is 9.03. The summed E-state index contributed by atoms with van der Waals surface area (Å²) in [5, 5.41) is 21.5. The molecule has 4 atom stereocenters. The van der Waals surface area contributed by atoms with Gasteiger partial charge in [-0.25, -0.2) is 9.97 Å². The molecule has 0 bridgehead atoms. The van der Waals surface area contributed by atoms with Crippen molar-refractivity contribution in [2.24, 2.45) is 0 Å². The van der Waals surface area contributed by atoms with Crippen molar-refractivity contribution < 1.29 is 14.9 Å². The molecule has 1 fully saturated rings. The molecular weight excluding hydrogens is 403 g/mol. The van der Waals surface area contributed by atoms with E-state index in [0.29, 0.717) is 30.1 Å². The summed E-state index contributed by atoms with van der Waals surface area (Å²) < 4.78 is 7.87. The zero-order valence-electron chi connectivity index (χ0n) is 18.5. The van der Waals surface area contributed by atoms with E-state index in [1.54, 1.807) is 11.5 Å². The number of aromatic amines is 1. The fourth-order valence-electron chi connectivity index (χ4n) is 3.95. The molecule has 9 heteroatoms. The van der Waals surface area contributed by atoms with Crippen molar-refractivity contribution in [2.75, 3.05) is 19.5 Å². The Morgan fingerprint density at radius 1 is 1.20 bits per heavy atom. The van der Waals surface area contributed by atoms with Crippen LogP contribution < -0.4 is 5.56 Å². The first kappa shape index (κ1) is 23.2.